The van der Waals surface area contributed by atoms with Gasteiger partial charge in [0.05, 0.1) is 10.2 Å². The van der Waals surface area contributed by atoms with Crippen LogP contribution >= 0.6 is 22.9 Å². The summed E-state index contributed by atoms with van der Waals surface area (Å²) >= 11 is 7.76. The molecule has 4 nitrogen and oxygen atoms in total. The van der Waals surface area contributed by atoms with Gasteiger partial charge in [0.2, 0.25) is 5.91 Å². The molecule has 0 bridgehead atoms. The number of nitrogens with one attached hydrogen (secondary N) is 1. The Morgan fingerprint density at radius 1 is 1.29 bits per heavy atom. The van der Waals surface area contributed by atoms with Crippen LogP contribution in [0.2, 0.25) is 5.02 Å². The number of piperidine rings is 1. The summed E-state index contributed by atoms with van der Waals surface area (Å²) in [5, 5.41) is 4.99. The van der Waals surface area contributed by atoms with Crippen molar-refractivity contribution in [3.8, 4) is 0 Å². The van der Waals surface area contributed by atoms with Gasteiger partial charge in [0.1, 0.15) is 0 Å². The SMILES string of the molecule is O=C(CC1CCN(c2nc3ccc(Cl)cc3s2)CC1)NC1CCC1. The summed E-state index contributed by atoms with van der Waals surface area (Å²) in [5.41, 5.74) is 1.02. The van der Waals surface area contributed by atoms with Gasteiger partial charge in [-0.3, -0.25) is 4.79 Å². The molecule has 0 unspecified atom stereocenters. The third-order valence-electron chi connectivity index (χ3n) is 5.17. The van der Waals surface area contributed by atoms with E-state index in [4.69, 9.17) is 16.6 Å². The second kappa shape index (κ2) is 6.89. The minimum atomic E-state index is 0.243. The normalized spacial score (nSPS) is 19.5. The van der Waals surface area contributed by atoms with Gasteiger partial charge in [-0.1, -0.05) is 22.9 Å². The minimum Gasteiger partial charge on any atom is -0.353 e. The zero-order valence-corrected chi connectivity index (χ0v) is 15.2. The molecule has 0 atom stereocenters. The van der Waals surface area contributed by atoms with Crippen LogP contribution in [0.3, 0.4) is 0 Å². The molecule has 4 rings (SSSR count). The molecule has 2 heterocycles. The highest BCUT2D eigenvalue weighted by Gasteiger charge is 2.25. The topological polar surface area (TPSA) is 45.2 Å². The van der Waals surface area contributed by atoms with Crippen LogP contribution in [0, 0.1) is 5.92 Å². The molecule has 1 saturated heterocycles. The van der Waals surface area contributed by atoms with Crippen molar-refractivity contribution in [2.45, 2.75) is 44.6 Å². The van der Waals surface area contributed by atoms with Gasteiger partial charge in [0.15, 0.2) is 5.13 Å². The predicted octanol–water partition coefficient (Wildman–Crippen LogP) is 4.22. The van der Waals surface area contributed by atoms with E-state index in [1.165, 1.54) is 6.42 Å². The summed E-state index contributed by atoms with van der Waals surface area (Å²) in [4.78, 5) is 19.1. The summed E-state index contributed by atoms with van der Waals surface area (Å²) in [5.74, 6) is 0.748. The van der Waals surface area contributed by atoms with E-state index in [2.05, 4.69) is 10.2 Å². The first kappa shape index (κ1) is 16.2. The van der Waals surface area contributed by atoms with Gasteiger partial charge in [-0.2, -0.15) is 0 Å². The average molecular weight is 364 g/mol. The molecule has 0 radical (unpaired) electrons. The maximum absolute atomic E-state index is 12.1. The van der Waals surface area contributed by atoms with Crippen molar-refractivity contribution >= 4 is 44.2 Å². The lowest BCUT2D eigenvalue weighted by atomic mass is 9.91. The largest absolute Gasteiger partial charge is 0.353 e. The Morgan fingerprint density at radius 3 is 2.79 bits per heavy atom. The maximum atomic E-state index is 12.1. The highest BCUT2D eigenvalue weighted by molar-refractivity contribution is 7.22. The lowest BCUT2D eigenvalue weighted by molar-refractivity contribution is -0.123. The van der Waals surface area contributed by atoms with E-state index < -0.39 is 0 Å². The van der Waals surface area contributed by atoms with Crippen molar-refractivity contribution in [2.75, 3.05) is 18.0 Å². The van der Waals surface area contributed by atoms with Gasteiger partial charge >= 0.3 is 0 Å². The van der Waals surface area contributed by atoms with Crippen LogP contribution in [0.15, 0.2) is 18.2 Å². The lowest BCUT2D eigenvalue weighted by Gasteiger charge is -2.32. The number of benzene rings is 1. The van der Waals surface area contributed by atoms with Crippen LogP contribution in [0.5, 0.6) is 0 Å². The molecule has 24 heavy (non-hydrogen) atoms. The molecular formula is C18H22ClN3OS. The number of thiazole rings is 1. The van der Waals surface area contributed by atoms with Gasteiger partial charge in [-0.05, 0) is 56.2 Å². The van der Waals surface area contributed by atoms with Crippen molar-refractivity contribution < 1.29 is 4.79 Å². The second-order valence-electron chi connectivity index (χ2n) is 6.94. The molecule has 128 valence electrons. The number of hydrogen-bond acceptors (Lipinski definition) is 4. The molecule has 6 heteroatoms. The molecule has 2 aromatic rings. The third-order valence-corrected chi connectivity index (χ3v) is 6.48. The number of carbonyl (C=O) groups is 1. The van der Waals surface area contributed by atoms with Crippen molar-refractivity contribution in [3.63, 3.8) is 0 Å². The molecule has 2 fully saturated rings. The lowest BCUT2D eigenvalue weighted by Crippen LogP contribution is -2.41. The number of amides is 1. The van der Waals surface area contributed by atoms with Crippen LogP contribution in [0.25, 0.3) is 10.2 Å². The summed E-state index contributed by atoms with van der Waals surface area (Å²) in [6.45, 7) is 1.96. The van der Waals surface area contributed by atoms with E-state index in [-0.39, 0.29) is 5.91 Å². The van der Waals surface area contributed by atoms with Gasteiger partial charge < -0.3 is 10.2 Å². The Morgan fingerprint density at radius 2 is 2.08 bits per heavy atom. The van der Waals surface area contributed by atoms with Gasteiger partial charge in [-0.25, -0.2) is 4.98 Å². The van der Waals surface area contributed by atoms with Crippen molar-refractivity contribution in [2.24, 2.45) is 5.92 Å². The first-order chi connectivity index (χ1) is 11.7. The summed E-state index contributed by atoms with van der Waals surface area (Å²) < 4.78 is 1.14. The fourth-order valence-corrected chi connectivity index (χ4v) is 4.74. The van der Waals surface area contributed by atoms with Gasteiger partial charge in [0.25, 0.3) is 0 Å². The van der Waals surface area contributed by atoms with Crippen molar-refractivity contribution in [1.29, 1.82) is 0 Å². The Kier molecular flexibility index (Phi) is 4.63. The third kappa shape index (κ3) is 3.52. The Labute approximate surface area is 151 Å². The Hall–Kier alpha value is -1.33. The van der Waals surface area contributed by atoms with E-state index in [1.807, 2.05) is 18.2 Å². The van der Waals surface area contributed by atoms with E-state index in [0.29, 0.717) is 18.4 Å². The number of halogens is 1. The molecule has 0 spiro atoms. The van der Waals surface area contributed by atoms with E-state index in [1.54, 1.807) is 11.3 Å². The van der Waals surface area contributed by atoms with E-state index in [0.717, 1.165) is 59.1 Å². The number of anilines is 1. The number of carbonyl (C=O) groups excluding carboxylic acids is 1. The minimum absolute atomic E-state index is 0.243. The zero-order valence-electron chi connectivity index (χ0n) is 13.6. The number of hydrogen-bond donors (Lipinski definition) is 1. The molecule has 1 amide bonds. The highest BCUT2D eigenvalue weighted by atomic mass is 35.5. The molecule has 1 aliphatic carbocycles. The summed E-state index contributed by atoms with van der Waals surface area (Å²) in [6.07, 6.45) is 6.39. The van der Waals surface area contributed by atoms with Crippen LogP contribution in [-0.4, -0.2) is 30.0 Å². The smallest absolute Gasteiger partial charge is 0.220 e. The quantitative estimate of drug-likeness (QED) is 0.884. The molecule has 2 aliphatic rings. The van der Waals surface area contributed by atoms with Gasteiger partial charge in [-0.15, -0.1) is 0 Å². The second-order valence-corrected chi connectivity index (χ2v) is 8.38. The first-order valence-electron chi connectivity index (χ1n) is 8.78. The number of fused-ring (bicyclic) bond motifs is 1. The number of rotatable bonds is 4. The van der Waals surface area contributed by atoms with E-state index >= 15 is 0 Å². The molecule has 1 aromatic heterocycles. The standard InChI is InChI=1S/C18H22ClN3OS/c19-13-4-5-15-16(11-13)24-18(21-15)22-8-6-12(7-9-22)10-17(23)20-14-2-1-3-14/h4-5,11-12,14H,1-3,6-10H2,(H,20,23). The van der Waals surface area contributed by atoms with E-state index in [9.17, 15) is 4.79 Å². The number of nitrogens with zero attached hydrogens (tertiary/aromatic N) is 2. The first-order valence-corrected chi connectivity index (χ1v) is 9.97. The zero-order chi connectivity index (χ0) is 16.5. The molecule has 1 N–H and O–H groups in total. The van der Waals surface area contributed by atoms with Crippen LogP contribution in [-0.2, 0) is 4.79 Å². The molecule has 1 aliphatic heterocycles. The fraction of sp³-hybridized carbons (Fsp3) is 0.556. The monoisotopic (exact) mass is 363 g/mol. The fourth-order valence-electron chi connectivity index (χ4n) is 3.45. The number of aromatic nitrogens is 1. The highest BCUT2D eigenvalue weighted by Crippen LogP contribution is 2.33. The predicted molar refractivity (Wildman–Crippen MR) is 100.0 cm³/mol. The van der Waals surface area contributed by atoms with Crippen LogP contribution in [0.4, 0.5) is 5.13 Å². The maximum Gasteiger partial charge on any atom is 0.220 e. The van der Waals surface area contributed by atoms with Gasteiger partial charge in [0, 0.05) is 30.6 Å². The van der Waals surface area contributed by atoms with Crippen LogP contribution < -0.4 is 10.2 Å². The van der Waals surface area contributed by atoms with Crippen molar-refractivity contribution in [1.82, 2.24) is 10.3 Å². The molecular weight excluding hydrogens is 342 g/mol. The molecule has 1 saturated carbocycles. The Bertz CT molecular complexity index is 735. The average Bonchev–Trinajstić information content (AvgIpc) is 2.95. The van der Waals surface area contributed by atoms with Crippen LogP contribution in [0.1, 0.15) is 38.5 Å². The van der Waals surface area contributed by atoms with Crippen molar-refractivity contribution in [3.05, 3.63) is 23.2 Å². The summed E-state index contributed by atoms with van der Waals surface area (Å²) in [6, 6.07) is 6.30. The summed E-state index contributed by atoms with van der Waals surface area (Å²) in [7, 11) is 0. The Balaban J connectivity index is 1.32. The molecule has 1 aromatic carbocycles.